The molecule has 2 unspecified atom stereocenters. The summed E-state index contributed by atoms with van der Waals surface area (Å²) in [6, 6.07) is 6.25. The Hall–Kier alpha value is -2.25. The van der Waals surface area contributed by atoms with Crippen LogP contribution < -0.4 is 5.32 Å². The number of amides is 1. The molecule has 2 saturated heterocycles. The Morgan fingerprint density at radius 1 is 1.12 bits per heavy atom. The Morgan fingerprint density at radius 2 is 1.81 bits per heavy atom. The van der Waals surface area contributed by atoms with Gasteiger partial charge in [-0.2, -0.15) is 0 Å². The number of ether oxygens (including phenoxy) is 2. The first kappa shape index (κ1) is 21.6. The standard InChI is InChI=1S/C25H34N4O3/c1-13-9-8-10-15-19(13)26-14(2)27-21(15)25(6,7)28-22-20(31-22)18-16-11-29(12-17(16)18)23(30)32-24(3,4)5/h8-10,16-18,20,22,28H,11-12H2,1-7H3/t16-,17+,18+,20?,22?. The second-order valence-electron chi connectivity index (χ2n) is 11.2. The summed E-state index contributed by atoms with van der Waals surface area (Å²) in [5.74, 6) is 2.34. The van der Waals surface area contributed by atoms with Crippen molar-refractivity contribution in [1.82, 2.24) is 20.2 Å². The predicted molar refractivity (Wildman–Crippen MR) is 122 cm³/mol. The fraction of sp³-hybridized carbons (Fsp3) is 0.640. The van der Waals surface area contributed by atoms with Gasteiger partial charge in [0, 0.05) is 18.5 Å². The Morgan fingerprint density at radius 3 is 2.47 bits per heavy atom. The summed E-state index contributed by atoms with van der Waals surface area (Å²) < 4.78 is 11.6. The number of hydrogen-bond acceptors (Lipinski definition) is 6. The zero-order chi connectivity index (χ0) is 23.0. The maximum atomic E-state index is 12.3. The third-order valence-electron chi connectivity index (χ3n) is 6.95. The molecule has 5 atom stereocenters. The third-order valence-corrected chi connectivity index (χ3v) is 6.95. The van der Waals surface area contributed by atoms with Crippen LogP contribution in [-0.2, 0) is 15.0 Å². The Kier molecular flexibility index (Phi) is 4.81. The zero-order valence-electron chi connectivity index (χ0n) is 20.1. The van der Waals surface area contributed by atoms with Crippen molar-refractivity contribution in [3.8, 4) is 0 Å². The number of carbonyl (C=O) groups is 1. The van der Waals surface area contributed by atoms with Crippen molar-refractivity contribution in [1.29, 1.82) is 0 Å². The molecule has 5 rings (SSSR count). The monoisotopic (exact) mass is 438 g/mol. The molecule has 0 radical (unpaired) electrons. The molecule has 1 aromatic heterocycles. The van der Waals surface area contributed by atoms with E-state index in [0.717, 1.165) is 41.1 Å². The van der Waals surface area contributed by atoms with Gasteiger partial charge >= 0.3 is 6.09 Å². The molecule has 7 nitrogen and oxygen atoms in total. The van der Waals surface area contributed by atoms with Crippen LogP contribution >= 0.6 is 0 Å². The number of epoxide rings is 1. The molecule has 7 heteroatoms. The van der Waals surface area contributed by atoms with Gasteiger partial charge in [-0.1, -0.05) is 18.2 Å². The van der Waals surface area contributed by atoms with E-state index in [1.54, 1.807) is 0 Å². The minimum atomic E-state index is -0.453. The highest BCUT2D eigenvalue weighted by atomic mass is 16.6. The van der Waals surface area contributed by atoms with E-state index >= 15 is 0 Å². The topological polar surface area (TPSA) is 79.9 Å². The lowest BCUT2D eigenvalue weighted by Gasteiger charge is -2.27. The van der Waals surface area contributed by atoms with Gasteiger partial charge in [-0.3, -0.25) is 5.32 Å². The summed E-state index contributed by atoms with van der Waals surface area (Å²) in [4.78, 5) is 23.7. The molecule has 3 aliphatic rings. The molecule has 3 heterocycles. The number of nitrogens with one attached hydrogen (secondary N) is 1. The van der Waals surface area contributed by atoms with Gasteiger partial charge in [0.1, 0.15) is 23.8 Å². The van der Waals surface area contributed by atoms with Gasteiger partial charge in [0.2, 0.25) is 0 Å². The lowest BCUT2D eigenvalue weighted by molar-refractivity contribution is 0.0263. The number of carbonyl (C=O) groups excluding carboxylic acids is 1. The summed E-state index contributed by atoms with van der Waals surface area (Å²) in [6.07, 6.45) is 0.0315. The van der Waals surface area contributed by atoms with Crippen molar-refractivity contribution in [2.24, 2.45) is 17.8 Å². The van der Waals surface area contributed by atoms with E-state index in [9.17, 15) is 4.79 Å². The number of piperidine rings is 1. The second kappa shape index (κ2) is 7.12. The van der Waals surface area contributed by atoms with E-state index in [2.05, 4.69) is 49.3 Å². The van der Waals surface area contributed by atoms with Crippen LogP contribution in [0.15, 0.2) is 18.2 Å². The number of nitrogens with zero attached hydrogens (tertiary/aromatic N) is 3. The zero-order valence-corrected chi connectivity index (χ0v) is 20.1. The maximum absolute atomic E-state index is 12.3. The van der Waals surface area contributed by atoms with Crippen molar-refractivity contribution in [3.05, 3.63) is 35.3 Å². The van der Waals surface area contributed by atoms with E-state index in [0.29, 0.717) is 17.8 Å². The molecule has 1 N–H and O–H groups in total. The summed E-state index contributed by atoms with van der Waals surface area (Å²) in [5.41, 5.74) is 2.37. The summed E-state index contributed by atoms with van der Waals surface area (Å²) in [6.45, 7) is 15.6. The Labute approximate surface area is 189 Å². The minimum Gasteiger partial charge on any atom is -0.444 e. The van der Waals surface area contributed by atoms with Crippen molar-refractivity contribution in [3.63, 3.8) is 0 Å². The lowest BCUT2D eigenvalue weighted by Crippen LogP contribution is -2.41. The van der Waals surface area contributed by atoms with Gasteiger partial charge in [0.05, 0.1) is 16.7 Å². The maximum Gasteiger partial charge on any atom is 0.410 e. The fourth-order valence-electron chi connectivity index (χ4n) is 5.38. The van der Waals surface area contributed by atoms with Gasteiger partial charge in [-0.15, -0.1) is 0 Å². The highest BCUT2D eigenvalue weighted by Crippen LogP contribution is 2.58. The molecule has 1 aromatic carbocycles. The van der Waals surface area contributed by atoms with Crippen molar-refractivity contribution in [2.75, 3.05) is 13.1 Å². The molecule has 2 aliphatic heterocycles. The second-order valence-corrected chi connectivity index (χ2v) is 11.2. The normalized spacial score (nSPS) is 29.2. The van der Waals surface area contributed by atoms with Crippen molar-refractivity contribution < 1.29 is 14.3 Å². The first-order valence-electron chi connectivity index (χ1n) is 11.6. The van der Waals surface area contributed by atoms with Gasteiger partial charge < -0.3 is 14.4 Å². The van der Waals surface area contributed by atoms with Crippen LogP contribution in [0, 0.1) is 31.6 Å². The number of para-hydroxylation sites is 1. The minimum absolute atomic E-state index is 0.0192. The predicted octanol–water partition coefficient (Wildman–Crippen LogP) is 3.91. The van der Waals surface area contributed by atoms with Crippen LogP contribution in [0.25, 0.3) is 10.9 Å². The average Bonchev–Trinajstić information content (AvgIpc) is 3.53. The first-order valence-corrected chi connectivity index (χ1v) is 11.6. The molecule has 1 aliphatic carbocycles. The van der Waals surface area contributed by atoms with Crippen molar-refractivity contribution in [2.45, 2.75) is 71.9 Å². The van der Waals surface area contributed by atoms with Crippen molar-refractivity contribution >= 4 is 17.0 Å². The smallest absolute Gasteiger partial charge is 0.410 e. The van der Waals surface area contributed by atoms with Gasteiger partial charge in [0.25, 0.3) is 0 Å². The fourth-order valence-corrected chi connectivity index (χ4v) is 5.38. The van der Waals surface area contributed by atoms with Gasteiger partial charge in [-0.05, 0) is 71.8 Å². The Bertz CT molecular complexity index is 1060. The summed E-state index contributed by atoms with van der Waals surface area (Å²) in [5, 5.41) is 4.78. The molecule has 0 bridgehead atoms. The number of hydrogen-bond donors (Lipinski definition) is 1. The lowest BCUT2D eigenvalue weighted by atomic mass is 9.94. The number of rotatable bonds is 4. The molecular weight excluding hydrogens is 404 g/mol. The van der Waals surface area contributed by atoms with Crippen LogP contribution in [0.4, 0.5) is 4.79 Å². The molecule has 2 aromatic rings. The number of benzene rings is 1. The molecule has 32 heavy (non-hydrogen) atoms. The van der Waals surface area contributed by atoms with Crippen LogP contribution in [0.3, 0.4) is 0 Å². The van der Waals surface area contributed by atoms with Gasteiger partial charge in [0.15, 0.2) is 0 Å². The van der Waals surface area contributed by atoms with Crippen LogP contribution in [0.2, 0.25) is 0 Å². The molecular formula is C25H34N4O3. The number of fused-ring (bicyclic) bond motifs is 2. The van der Waals surface area contributed by atoms with E-state index in [1.807, 2.05) is 32.6 Å². The molecule has 1 amide bonds. The van der Waals surface area contributed by atoms with E-state index < -0.39 is 5.60 Å². The molecule has 1 saturated carbocycles. The Balaban J connectivity index is 1.23. The quantitative estimate of drug-likeness (QED) is 0.729. The van der Waals surface area contributed by atoms with Crippen LogP contribution in [0.5, 0.6) is 0 Å². The van der Waals surface area contributed by atoms with E-state index in [4.69, 9.17) is 14.5 Å². The van der Waals surface area contributed by atoms with Crippen LogP contribution in [0.1, 0.15) is 51.7 Å². The molecule has 172 valence electrons. The third kappa shape index (κ3) is 3.86. The first-order chi connectivity index (χ1) is 14.9. The average molecular weight is 439 g/mol. The highest BCUT2D eigenvalue weighted by molar-refractivity contribution is 5.84. The van der Waals surface area contributed by atoms with E-state index in [1.165, 1.54) is 0 Å². The van der Waals surface area contributed by atoms with Gasteiger partial charge in [-0.25, -0.2) is 14.8 Å². The summed E-state index contributed by atoms with van der Waals surface area (Å²) in [7, 11) is 0. The highest BCUT2D eigenvalue weighted by Gasteiger charge is 2.66. The molecule has 3 fully saturated rings. The van der Waals surface area contributed by atoms with E-state index in [-0.39, 0.29) is 24.0 Å². The number of aryl methyl sites for hydroxylation is 2. The summed E-state index contributed by atoms with van der Waals surface area (Å²) >= 11 is 0. The number of aromatic nitrogens is 2. The molecule has 0 spiro atoms. The number of likely N-dealkylation sites (tertiary alicyclic amines) is 1. The largest absolute Gasteiger partial charge is 0.444 e. The SMILES string of the molecule is Cc1nc(C(C)(C)NC2OC2[C@H]2[C@@H]3CN(C(=O)OC(C)(C)C)C[C@@H]32)c2cccc(C)c2n1. The van der Waals surface area contributed by atoms with Crippen LogP contribution in [-0.4, -0.2) is 52.0 Å².